The Bertz CT molecular complexity index is 729. The van der Waals surface area contributed by atoms with Crippen LogP contribution in [0.5, 0.6) is 0 Å². The smallest absolute Gasteiger partial charge is 0.163 e. The van der Waals surface area contributed by atoms with E-state index in [-0.39, 0.29) is 0 Å². The van der Waals surface area contributed by atoms with E-state index in [1.54, 1.807) is 17.7 Å². The molecular weight excluding hydrogens is 416 g/mol. The molecule has 2 heterocycles. The molecule has 0 radical (unpaired) electrons. The third-order valence-corrected chi connectivity index (χ3v) is 6.27. The van der Waals surface area contributed by atoms with Gasteiger partial charge in [-0.3, -0.25) is 0 Å². The highest BCUT2D eigenvalue weighted by Crippen LogP contribution is 2.32. The number of halogens is 2. The quantitative estimate of drug-likeness (QED) is 0.657. The predicted molar refractivity (Wildman–Crippen MR) is 93.5 cm³/mol. The molecule has 7 heteroatoms. The molecule has 2 aromatic heterocycles. The molecule has 1 N–H and O–H groups in total. The van der Waals surface area contributed by atoms with Gasteiger partial charge < -0.3 is 9.88 Å². The van der Waals surface area contributed by atoms with Crippen LogP contribution >= 0.6 is 43.2 Å². The summed E-state index contributed by atoms with van der Waals surface area (Å²) in [6, 6.07) is 10.3. The van der Waals surface area contributed by atoms with E-state index >= 15 is 0 Å². The van der Waals surface area contributed by atoms with Crippen LogP contribution in [0.2, 0.25) is 0 Å². The SMILES string of the molecule is Cn1cnnc1-c1ccc(NCc2cc(Br)c(Br)s2)cc1. The van der Waals surface area contributed by atoms with Crippen LogP contribution in [0.4, 0.5) is 5.69 Å². The van der Waals surface area contributed by atoms with E-state index in [1.807, 2.05) is 23.7 Å². The minimum absolute atomic E-state index is 0.804. The van der Waals surface area contributed by atoms with E-state index in [4.69, 9.17) is 0 Å². The van der Waals surface area contributed by atoms with Gasteiger partial charge in [-0.15, -0.1) is 21.5 Å². The minimum Gasteiger partial charge on any atom is -0.380 e. The fourth-order valence-corrected chi connectivity index (χ4v) is 4.07. The van der Waals surface area contributed by atoms with E-state index in [0.717, 1.165) is 31.9 Å². The topological polar surface area (TPSA) is 42.7 Å². The maximum absolute atomic E-state index is 4.11. The number of anilines is 1. The van der Waals surface area contributed by atoms with E-state index in [1.165, 1.54) is 4.88 Å². The molecule has 21 heavy (non-hydrogen) atoms. The molecule has 0 bridgehead atoms. The molecule has 0 unspecified atom stereocenters. The van der Waals surface area contributed by atoms with Crippen molar-refractivity contribution in [1.29, 1.82) is 0 Å². The van der Waals surface area contributed by atoms with Crippen LogP contribution in [-0.2, 0) is 13.6 Å². The Kier molecular flexibility index (Phi) is 4.42. The number of nitrogens with zero attached hydrogens (tertiary/aromatic N) is 3. The molecule has 0 saturated carbocycles. The summed E-state index contributed by atoms with van der Waals surface area (Å²) in [5.41, 5.74) is 2.14. The zero-order valence-corrected chi connectivity index (χ0v) is 15.2. The second-order valence-electron chi connectivity index (χ2n) is 4.53. The zero-order chi connectivity index (χ0) is 14.8. The molecule has 1 aromatic carbocycles. The molecule has 0 amide bonds. The average Bonchev–Trinajstić information content (AvgIpc) is 3.04. The van der Waals surface area contributed by atoms with Crippen molar-refractivity contribution in [2.45, 2.75) is 6.54 Å². The Hall–Kier alpha value is -1.18. The fourth-order valence-electron chi connectivity index (χ4n) is 1.95. The summed E-state index contributed by atoms with van der Waals surface area (Å²) in [5.74, 6) is 0.868. The first-order valence-electron chi connectivity index (χ1n) is 6.25. The monoisotopic (exact) mass is 426 g/mol. The Morgan fingerprint density at radius 1 is 1.24 bits per heavy atom. The second-order valence-corrected chi connectivity index (χ2v) is 7.84. The molecule has 0 aliphatic rings. The lowest BCUT2D eigenvalue weighted by Gasteiger charge is -2.06. The molecule has 0 aliphatic heterocycles. The first kappa shape index (κ1) is 14.7. The van der Waals surface area contributed by atoms with Gasteiger partial charge in [0.15, 0.2) is 5.82 Å². The summed E-state index contributed by atoms with van der Waals surface area (Å²) in [6.07, 6.45) is 1.70. The zero-order valence-electron chi connectivity index (χ0n) is 11.2. The number of thiophene rings is 1. The molecular formula is C14H12Br2N4S. The van der Waals surface area contributed by atoms with E-state index < -0.39 is 0 Å². The molecule has 0 fully saturated rings. The number of rotatable bonds is 4. The fraction of sp³-hybridized carbons (Fsp3) is 0.143. The van der Waals surface area contributed by atoms with Crippen molar-refractivity contribution in [3.63, 3.8) is 0 Å². The third-order valence-electron chi connectivity index (χ3n) is 3.02. The van der Waals surface area contributed by atoms with Crippen molar-refractivity contribution in [2.75, 3.05) is 5.32 Å². The Labute approximate surface area is 143 Å². The highest BCUT2D eigenvalue weighted by atomic mass is 79.9. The summed E-state index contributed by atoms with van der Waals surface area (Å²) in [6.45, 7) is 0.804. The standard InChI is InChI=1S/C14H12Br2N4S/c1-20-8-18-19-14(20)9-2-4-10(5-3-9)17-7-11-6-12(15)13(16)21-11/h2-6,8,17H,7H2,1H3. The van der Waals surface area contributed by atoms with Crippen molar-refractivity contribution in [3.8, 4) is 11.4 Å². The van der Waals surface area contributed by atoms with Crippen LogP contribution < -0.4 is 5.32 Å². The summed E-state index contributed by atoms with van der Waals surface area (Å²) in [7, 11) is 1.94. The van der Waals surface area contributed by atoms with Crippen molar-refractivity contribution in [2.24, 2.45) is 7.05 Å². The number of aryl methyl sites for hydroxylation is 1. The maximum Gasteiger partial charge on any atom is 0.163 e. The van der Waals surface area contributed by atoms with Gasteiger partial charge in [-0.2, -0.15) is 0 Å². The van der Waals surface area contributed by atoms with E-state index in [0.29, 0.717) is 0 Å². The lowest BCUT2D eigenvalue weighted by atomic mass is 10.2. The highest BCUT2D eigenvalue weighted by Gasteiger charge is 2.06. The average molecular weight is 428 g/mol. The first-order chi connectivity index (χ1) is 10.1. The number of benzene rings is 1. The van der Waals surface area contributed by atoms with Gasteiger partial charge >= 0.3 is 0 Å². The summed E-state index contributed by atoms with van der Waals surface area (Å²) >= 11 is 8.73. The Morgan fingerprint density at radius 3 is 2.57 bits per heavy atom. The normalized spacial score (nSPS) is 10.8. The third kappa shape index (κ3) is 3.36. The summed E-state index contributed by atoms with van der Waals surface area (Å²) < 4.78 is 4.13. The van der Waals surface area contributed by atoms with Gasteiger partial charge in [0.05, 0.1) is 3.79 Å². The predicted octanol–water partition coefficient (Wildman–Crippen LogP) is 4.68. The highest BCUT2D eigenvalue weighted by molar-refractivity contribution is 9.13. The van der Waals surface area contributed by atoms with Crippen LogP contribution in [0.1, 0.15) is 4.88 Å². The van der Waals surface area contributed by atoms with Gasteiger partial charge in [-0.05, 0) is 62.2 Å². The molecule has 0 saturated heterocycles. The van der Waals surface area contributed by atoms with Crippen molar-refractivity contribution < 1.29 is 0 Å². The molecule has 0 aliphatic carbocycles. The molecule has 0 spiro atoms. The lowest BCUT2D eigenvalue weighted by molar-refractivity contribution is 0.920. The lowest BCUT2D eigenvalue weighted by Crippen LogP contribution is -1.97. The molecule has 3 aromatic rings. The minimum atomic E-state index is 0.804. The number of nitrogens with one attached hydrogen (secondary N) is 1. The van der Waals surface area contributed by atoms with Crippen molar-refractivity contribution >= 4 is 48.9 Å². The Morgan fingerprint density at radius 2 is 2.00 bits per heavy atom. The molecule has 108 valence electrons. The van der Waals surface area contributed by atoms with Crippen LogP contribution in [0.25, 0.3) is 11.4 Å². The second kappa shape index (κ2) is 6.29. The van der Waals surface area contributed by atoms with Gasteiger partial charge in [0, 0.05) is 34.2 Å². The van der Waals surface area contributed by atoms with Crippen molar-refractivity contribution in [3.05, 3.63) is 49.8 Å². The number of aromatic nitrogens is 3. The maximum atomic E-state index is 4.11. The van der Waals surface area contributed by atoms with Crippen LogP contribution in [0, 0.1) is 0 Å². The van der Waals surface area contributed by atoms with Crippen molar-refractivity contribution in [1.82, 2.24) is 14.8 Å². The summed E-state index contributed by atoms with van der Waals surface area (Å²) in [4.78, 5) is 1.27. The van der Waals surface area contributed by atoms with E-state index in [9.17, 15) is 0 Å². The molecule has 4 nitrogen and oxygen atoms in total. The van der Waals surface area contributed by atoms with Gasteiger partial charge in [-0.1, -0.05) is 0 Å². The van der Waals surface area contributed by atoms with Crippen LogP contribution in [0.15, 0.2) is 44.9 Å². The number of hydrogen-bond donors (Lipinski definition) is 1. The van der Waals surface area contributed by atoms with Gasteiger partial charge in [-0.25, -0.2) is 0 Å². The van der Waals surface area contributed by atoms with Gasteiger partial charge in [0.1, 0.15) is 6.33 Å². The van der Waals surface area contributed by atoms with Crippen LogP contribution in [0.3, 0.4) is 0 Å². The van der Waals surface area contributed by atoms with Crippen LogP contribution in [-0.4, -0.2) is 14.8 Å². The van der Waals surface area contributed by atoms with E-state index in [2.05, 4.69) is 65.6 Å². The van der Waals surface area contributed by atoms with Gasteiger partial charge in [0.2, 0.25) is 0 Å². The van der Waals surface area contributed by atoms with Gasteiger partial charge in [0.25, 0.3) is 0 Å². The first-order valence-corrected chi connectivity index (χ1v) is 8.66. The number of hydrogen-bond acceptors (Lipinski definition) is 4. The molecule has 3 rings (SSSR count). The Balaban J connectivity index is 1.69. The largest absolute Gasteiger partial charge is 0.380 e. The summed E-state index contributed by atoms with van der Waals surface area (Å²) in [5, 5.41) is 11.4. The molecule has 0 atom stereocenters.